The highest BCUT2D eigenvalue weighted by Crippen LogP contribution is 2.30. The minimum Gasteiger partial charge on any atom is -0.462 e. The van der Waals surface area contributed by atoms with Crippen molar-refractivity contribution in [3.63, 3.8) is 0 Å². The summed E-state index contributed by atoms with van der Waals surface area (Å²) in [6, 6.07) is 0. The van der Waals surface area contributed by atoms with E-state index in [0.717, 1.165) is 32.1 Å². The van der Waals surface area contributed by atoms with Gasteiger partial charge >= 0.3 is 5.97 Å². The molecule has 0 saturated heterocycles. The number of rotatable bonds is 0. The summed E-state index contributed by atoms with van der Waals surface area (Å²) < 4.78 is 5.75. The number of hydrogen-bond acceptors (Lipinski definition) is 3. The molecule has 3 atom stereocenters. The molecule has 0 aromatic rings. The lowest BCUT2D eigenvalue weighted by Gasteiger charge is -2.32. The quantitative estimate of drug-likeness (QED) is 0.610. The minimum absolute atomic E-state index is 0.0226. The topological polar surface area (TPSA) is 46.6 Å². The maximum absolute atomic E-state index is 12.3. The Morgan fingerprint density at radius 3 is 2.38 bits per heavy atom. The van der Waals surface area contributed by atoms with Gasteiger partial charge in [0.1, 0.15) is 6.10 Å². The monoisotopic (exact) mass is 337 g/mol. The number of carbonyl (C=O) groups excluding carboxylic acids is 2. The zero-order valence-electron chi connectivity index (χ0n) is 16.3. The molecule has 0 aliphatic carbocycles. The Bertz CT molecular complexity index is 450. The van der Waals surface area contributed by atoms with Gasteiger partial charge in [0.05, 0.1) is 6.42 Å². The van der Waals surface area contributed by atoms with E-state index in [4.69, 9.17) is 4.74 Å². The third-order valence-electron chi connectivity index (χ3n) is 4.82. The van der Waals surface area contributed by atoms with Crippen LogP contribution in [0.15, 0.2) is 12.3 Å². The number of esters is 1. The van der Waals surface area contributed by atoms with Crippen LogP contribution in [0.3, 0.4) is 0 Å². The predicted octanol–water partition coefficient (Wildman–Crippen LogP) is 4.54. The molecule has 1 rings (SSSR count). The smallest absolute Gasteiger partial charge is 0.309 e. The molecule has 0 saturated carbocycles. The average molecular weight is 338 g/mol. The highest BCUT2D eigenvalue weighted by atomic mass is 16.5. The molecule has 1 aliphatic rings. The molecule has 0 aromatic carbocycles. The fourth-order valence-electron chi connectivity index (χ4n) is 3.06. The Balaban J connectivity index is 2.85. The summed E-state index contributed by atoms with van der Waals surface area (Å²) in [5, 5.41) is 0. The summed E-state index contributed by atoms with van der Waals surface area (Å²) >= 11 is 0. The van der Waals surface area contributed by atoms with E-state index < -0.39 is 0 Å². The minimum atomic E-state index is -0.220. The average Bonchev–Trinajstić information content (AvgIpc) is 2.48. The highest BCUT2D eigenvalue weighted by molar-refractivity contribution is 5.79. The lowest BCUT2D eigenvalue weighted by molar-refractivity contribution is -0.155. The van der Waals surface area contributed by atoms with Crippen LogP contribution >= 0.6 is 0 Å². The normalized spacial score (nSPS) is 30.2. The Labute approximate surface area is 147 Å². The Morgan fingerprint density at radius 1 is 1.12 bits per heavy atom. The van der Waals surface area contributed by atoms with Crippen LogP contribution in [-0.4, -0.2) is 29.9 Å². The van der Waals surface area contributed by atoms with Gasteiger partial charge in [0.15, 0.2) is 0 Å². The Hall–Kier alpha value is -1.32. The van der Waals surface area contributed by atoms with E-state index in [9.17, 15) is 9.59 Å². The van der Waals surface area contributed by atoms with Crippen molar-refractivity contribution in [2.45, 2.75) is 79.2 Å². The van der Waals surface area contributed by atoms with Crippen LogP contribution in [0.5, 0.6) is 0 Å². The van der Waals surface area contributed by atoms with Crippen molar-refractivity contribution in [2.75, 3.05) is 7.05 Å². The van der Waals surface area contributed by atoms with Crippen LogP contribution in [0.4, 0.5) is 0 Å². The second-order valence-corrected chi connectivity index (χ2v) is 8.41. The van der Waals surface area contributed by atoms with E-state index in [1.807, 2.05) is 6.92 Å². The van der Waals surface area contributed by atoms with Crippen LogP contribution in [0, 0.1) is 17.3 Å². The van der Waals surface area contributed by atoms with Gasteiger partial charge in [-0.1, -0.05) is 60.0 Å². The summed E-state index contributed by atoms with van der Waals surface area (Å²) in [5.41, 5.74) is -0.0666. The number of cyclic esters (lactones) is 1. The van der Waals surface area contributed by atoms with Crippen LogP contribution in [0.25, 0.3) is 0 Å². The van der Waals surface area contributed by atoms with E-state index in [0.29, 0.717) is 5.92 Å². The van der Waals surface area contributed by atoms with Crippen LogP contribution in [-0.2, 0) is 14.3 Å². The molecule has 0 spiro atoms. The maximum atomic E-state index is 12.3. The zero-order chi connectivity index (χ0) is 18.3. The molecule has 0 bridgehead atoms. The molecule has 0 aromatic heterocycles. The van der Waals surface area contributed by atoms with E-state index >= 15 is 0 Å². The first-order valence-corrected chi connectivity index (χ1v) is 9.24. The predicted molar refractivity (Wildman–Crippen MR) is 97.3 cm³/mol. The molecule has 24 heavy (non-hydrogen) atoms. The lowest BCUT2D eigenvalue weighted by atomic mass is 9.82. The second-order valence-electron chi connectivity index (χ2n) is 8.41. The molecule has 1 heterocycles. The number of carbonyl (C=O) groups is 2. The SMILES string of the molecule is C[C@@H]1CCCC[C@@H](C)C(=O)N(C)/C=C\CC(=O)OC(C(C)(C)C)C1. The van der Waals surface area contributed by atoms with Gasteiger partial charge in [0.2, 0.25) is 5.91 Å². The first-order valence-electron chi connectivity index (χ1n) is 9.24. The van der Waals surface area contributed by atoms with Gasteiger partial charge in [-0.2, -0.15) is 0 Å². The van der Waals surface area contributed by atoms with E-state index in [2.05, 4.69) is 27.7 Å². The van der Waals surface area contributed by atoms with Crippen LogP contribution < -0.4 is 0 Å². The molecule has 1 aliphatic heterocycles. The van der Waals surface area contributed by atoms with Crippen molar-refractivity contribution in [3.8, 4) is 0 Å². The van der Waals surface area contributed by atoms with Gasteiger partial charge in [0, 0.05) is 19.2 Å². The second kappa shape index (κ2) is 9.24. The van der Waals surface area contributed by atoms with Crippen molar-refractivity contribution in [2.24, 2.45) is 17.3 Å². The lowest BCUT2D eigenvalue weighted by Crippen LogP contribution is -2.33. The van der Waals surface area contributed by atoms with E-state index in [1.54, 1.807) is 24.2 Å². The summed E-state index contributed by atoms with van der Waals surface area (Å²) in [4.78, 5) is 26.0. The van der Waals surface area contributed by atoms with Gasteiger partial charge in [-0.25, -0.2) is 0 Å². The van der Waals surface area contributed by atoms with Gasteiger partial charge in [0.25, 0.3) is 0 Å². The molecular weight excluding hydrogens is 302 g/mol. The number of nitrogens with zero attached hydrogens (tertiary/aromatic N) is 1. The van der Waals surface area contributed by atoms with Crippen molar-refractivity contribution >= 4 is 11.9 Å². The highest BCUT2D eigenvalue weighted by Gasteiger charge is 2.29. The molecular formula is C20H35NO3. The van der Waals surface area contributed by atoms with Gasteiger partial charge in [-0.3, -0.25) is 9.59 Å². The molecule has 4 heteroatoms. The third kappa shape index (κ3) is 7.06. The Kier molecular flexibility index (Phi) is 7.98. The fraction of sp³-hybridized carbons (Fsp3) is 0.800. The summed E-state index contributed by atoms with van der Waals surface area (Å²) in [6.45, 7) is 10.6. The molecule has 1 unspecified atom stereocenters. The number of ether oxygens (including phenoxy) is 1. The van der Waals surface area contributed by atoms with Crippen molar-refractivity contribution < 1.29 is 14.3 Å². The first-order chi connectivity index (χ1) is 11.1. The molecule has 0 N–H and O–H groups in total. The third-order valence-corrected chi connectivity index (χ3v) is 4.82. The largest absolute Gasteiger partial charge is 0.462 e. The molecule has 4 nitrogen and oxygen atoms in total. The Morgan fingerprint density at radius 2 is 1.75 bits per heavy atom. The van der Waals surface area contributed by atoms with E-state index in [-0.39, 0.29) is 35.7 Å². The van der Waals surface area contributed by atoms with Gasteiger partial charge in [-0.15, -0.1) is 0 Å². The molecule has 1 amide bonds. The number of amides is 1. The molecule has 0 fully saturated rings. The summed E-state index contributed by atoms with van der Waals surface area (Å²) in [5.74, 6) is 0.419. The van der Waals surface area contributed by atoms with Crippen molar-refractivity contribution in [1.82, 2.24) is 4.90 Å². The zero-order valence-corrected chi connectivity index (χ0v) is 16.3. The summed E-state index contributed by atoms with van der Waals surface area (Å²) in [6.07, 6.45) is 8.64. The van der Waals surface area contributed by atoms with Crippen molar-refractivity contribution in [1.29, 1.82) is 0 Å². The fourth-order valence-corrected chi connectivity index (χ4v) is 3.06. The van der Waals surface area contributed by atoms with E-state index in [1.165, 1.54) is 0 Å². The van der Waals surface area contributed by atoms with Crippen molar-refractivity contribution in [3.05, 3.63) is 12.3 Å². The molecule has 138 valence electrons. The first kappa shape index (κ1) is 20.7. The number of hydrogen-bond donors (Lipinski definition) is 0. The maximum Gasteiger partial charge on any atom is 0.309 e. The van der Waals surface area contributed by atoms with Crippen LogP contribution in [0.2, 0.25) is 0 Å². The standard InChI is InChI=1S/C20H35NO3/c1-15-10-7-8-11-16(2)19(23)21(6)13-9-12-18(22)24-17(14-15)20(3,4)5/h9,13,15-17H,7-8,10-12,14H2,1-6H3/b13-9-/t15-,16-,17?/m1/s1. The summed E-state index contributed by atoms with van der Waals surface area (Å²) in [7, 11) is 1.75. The molecule has 0 radical (unpaired) electrons. The van der Waals surface area contributed by atoms with Gasteiger partial charge < -0.3 is 9.64 Å². The van der Waals surface area contributed by atoms with Gasteiger partial charge in [-0.05, 0) is 24.2 Å². The van der Waals surface area contributed by atoms with Crippen LogP contribution in [0.1, 0.15) is 73.1 Å².